The van der Waals surface area contributed by atoms with Gasteiger partial charge in [0.15, 0.2) is 0 Å². The first-order valence-corrected chi connectivity index (χ1v) is 10.9. The zero-order valence-corrected chi connectivity index (χ0v) is 16.1. The molecule has 0 amide bonds. The molecule has 0 atom stereocenters. The number of halogens is 2. The van der Waals surface area contributed by atoms with Crippen LogP contribution in [-0.4, -0.2) is 31.5 Å². The third-order valence-electron chi connectivity index (χ3n) is 3.23. The van der Waals surface area contributed by atoms with Gasteiger partial charge in [0.1, 0.15) is 0 Å². The zero-order chi connectivity index (χ0) is 17.4. The SMILES string of the molecule is O=S(=O)(CCc1ccccn1)NCCSCc1c(Cl)cccc1Cl. The number of sulfonamides is 1. The highest BCUT2D eigenvalue weighted by molar-refractivity contribution is 7.98. The number of nitrogens with one attached hydrogen (secondary N) is 1. The second kappa shape index (κ2) is 9.63. The Balaban J connectivity index is 1.69. The molecule has 1 N–H and O–H groups in total. The predicted octanol–water partition coefficient (Wildman–Crippen LogP) is 3.78. The summed E-state index contributed by atoms with van der Waals surface area (Å²) in [6.07, 6.45) is 2.06. The number of nitrogens with zero attached hydrogens (tertiary/aromatic N) is 1. The standard InChI is InChI=1S/C16H18Cl2N2O2S2/c17-15-5-3-6-16(18)14(15)12-23-10-9-20-24(21,22)11-7-13-4-1-2-8-19-13/h1-6,8,20H,7,9-12H2. The number of rotatable bonds is 9. The van der Waals surface area contributed by atoms with Crippen LogP contribution in [0.15, 0.2) is 42.6 Å². The predicted molar refractivity (Wildman–Crippen MR) is 102 cm³/mol. The molecule has 0 bridgehead atoms. The molecule has 130 valence electrons. The van der Waals surface area contributed by atoms with Crippen LogP contribution in [0.3, 0.4) is 0 Å². The molecule has 0 aliphatic rings. The van der Waals surface area contributed by atoms with E-state index in [1.165, 1.54) is 0 Å². The fraction of sp³-hybridized carbons (Fsp3) is 0.312. The molecule has 1 heterocycles. The molecule has 0 saturated heterocycles. The Hall–Kier alpha value is -0.790. The number of thioether (sulfide) groups is 1. The number of hydrogen-bond donors (Lipinski definition) is 1. The van der Waals surface area contributed by atoms with E-state index in [9.17, 15) is 8.42 Å². The van der Waals surface area contributed by atoms with Crippen molar-refractivity contribution in [3.8, 4) is 0 Å². The van der Waals surface area contributed by atoms with Crippen molar-refractivity contribution in [1.29, 1.82) is 0 Å². The maximum atomic E-state index is 12.0. The Morgan fingerprint density at radius 2 is 1.83 bits per heavy atom. The van der Waals surface area contributed by atoms with Crippen LogP contribution in [0.5, 0.6) is 0 Å². The van der Waals surface area contributed by atoms with Gasteiger partial charge in [0.05, 0.1) is 5.75 Å². The molecule has 0 spiro atoms. The summed E-state index contributed by atoms with van der Waals surface area (Å²) < 4.78 is 26.5. The summed E-state index contributed by atoms with van der Waals surface area (Å²) in [6, 6.07) is 10.9. The van der Waals surface area contributed by atoms with Crippen molar-refractivity contribution < 1.29 is 8.42 Å². The lowest BCUT2D eigenvalue weighted by molar-refractivity contribution is 0.583. The van der Waals surface area contributed by atoms with Crippen LogP contribution in [0, 0.1) is 0 Å². The number of hydrogen-bond acceptors (Lipinski definition) is 4. The minimum absolute atomic E-state index is 0.0328. The van der Waals surface area contributed by atoms with Crippen LogP contribution in [0.1, 0.15) is 11.3 Å². The van der Waals surface area contributed by atoms with E-state index in [0.29, 0.717) is 34.5 Å². The molecule has 1 aromatic heterocycles. The maximum Gasteiger partial charge on any atom is 0.212 e. The number of benzene rings is 1. The Kier molecular flexibility index (Phi) is 7.84. The monoisotopic (exact) mass is 404 g/mol. The fourth-order valence-corrected chi connectivity index (χ4v) is 4.73. The largest absolute Gasteiger partial charge is 0.261 e. The summed E-state index contributed by atoms with van der Waals surface area (Å²) in [7, 11) is -3.30. The third kappa shape index (κ3) is 6.61. The highest BCUT2D eigenvalue weighted by Crippen LogP contribution is 2.27. The quantitative estimate of drug-likeness (QED) is 0.645. The minimum Gasteiger partial charge on any atom is -0.261 e. The van der Waals surface area contributed by atoms with E-state index in [4.69, 9.17) is 23.2 Å². The van der Waals surface area contributed by atoms with Crippen LogP contribution in [-0.2, 0) is 22.2 Å². The second-order valence-electron chi connectivity index (χ2n) is 5.04. The highest BCUT2D eigenvalue weighted by atomic mass is 35.5. The molecule has 0 aliphatic heterocycles. The van der Waals surface area contributed by atoms with E-state index in [0.717, 1.165) is 11.3 Å². The van der Waals surface area contributed by atoms with Crippen LogP contribution >= 0.6 is 35.0 Å². The van der Waals surface area contributed by atoms with Gasteiger partial charge in [-0.2, -0.15) is 11.8 Å². The van der Waals surface area contributed by atoms with Crippen molar-refractivity contribution in [2.75, 3.05) is 18.1 Å². The van der Waals surface area contributed by atoms with Gasteiger partial charge in [0, 0.05) is 46.4 Å². The summed E-state index contributed by atoms with van der Waals surface area (Å²) in [6.45, 7) is 0.372. The Labute approximate surface area is 157 Å². The van der Waals surface area contributed by atoms with Gasteiger partial charge in [0.25, 0.3) is 0 Å². The van der Waals surface area contributed by atoms with Gasteiger partial charge in [-0.25, -0.2) is 13.1 Å². The summed E-state index contributed by atoms with van der Waals surface area (Å²) in [5, 5.41) is 1.26. The van der Waals surface area contributed by atoms with Gasteiger partial charge in [-0.3, -0.25) is 4.98 Å². The molecule has 2 aromatic rings. The number of aryl methyl sites for hydroxylation is 1. The van der Waals surface area contributed by atoms with Crippen molar-refractivity contribution in [3.63, 3.8) is 0 Å². The van der Waals surface area contributed by atoms with E-state index >= 15 is 0 Å². The first-order valence-electron chi connectivity index (χ1n) is 7.36. The molecule has 1 aromatic carbocycles. The van der Waals surface area contributed by atoms with Gasteiger partial charge < -0.3 is 0 Å². The molecular weight excluding hydrogens is 387 g/mol. The number of pyridine rings is 1. The van der Waals surface area contributed by atoms with Crippen molar-refractivity contribution in [2.24, 2.45) is 0 Å². The molecule has 4 nitrogen and oxygen atoms in total. The average Bonchev–Trinajstić information content (AvgIpc) is 2.56. The van der Waals surface area contributed by atoms with Gasteiger partial charge in [0.2, 0.25) is 10.0 Å². The first-order chi connectivity index (χ1) is 11.5. The van der Waals surface area contributed by atoms with Crippen molar-refractivity contribution in [3.05, 3.63) is 63.9 Å². The Morgan fingerprint density at radius 3 is 2.50 bits per heavy atom. The van der Waals surface area contributed by atoms with Gasteiger partial charge in [-0.05, 0) is 29.8 Å². The zero-order valence-electron chi connectivity index (χ0n) is 12.9. The molecule has 0 radical (unpaired) electrons. The molecule has 0 fully saturated rings. The van der Waals surface area contributed by atoms with Crippen LogP contribution in [0.25, 0.3) is 0 Å². The molecule has 0 saturated carbocycles. The smallest absolute Gasteiger partial charge is 0.212 e. The Bertz CT molecular complexity index is 736. The Morgan fingerprint density at radius 1 is 1.08 bits per heavy atom. The molecule has 0 aliphatic carbocycles. The molecule has 8 heteroatoms. The van der Waals surface area contributed by atoms with Crippen molar-refractivity contribution in [2.45, 2.75) is 12.2 Å². The lowest BCUT2D eigenvalue weighted by Gasteiger charge is -2.08. The third-order valence-corrected chi connectivity index (χ3v) is 6.31. The lowest BCUT2D eigenvalue weighted by atomic mass is 10.2. The summed E-state index contributed by atoms with van der Waals surface area (Å²) in [4.78, 5) is 4.12. The normalized spacial score (nSPS) is 11.6. The summed E-state index contributed by atoms with van der Waals surface area (Å²) in [5.74, 6) is 1.32. The second-order valence-corrected chi connectivity index (χ2v) is 8.88. The summed E-state index contributed by atoms with van der Waals surface area (Å²) >= 11 is 13.8. The fourth-order valence-electron chi connectivity index (χ4n) is 1.97. The lowest BCUT2D eigenvalue weighted by Crippen LogP contribution is -2.29. The molecule has 2 rings (SSSR count). The van der Waals surface area contributed by atoms with Crippen LogP contribution in [0.4, 0.5) is 0 Å². The highest BCUT2D eigenvalue weighted by Gasteiger charge is 2.10. The maximum absolute atomic E-state index is 12.0. The van der Waals surface area contributed by atoms with E-state index < -0.39 is 10.0 Å². The minimum atomic E-state index is -3.30. The van der Waals surface area contributed by atoms with Crippen molar-refractivity contribution >= 4 is 45.0 Å². The van der Waals surface area contributed by atoms with Crippen LogP contribution < -0.4 is 4.72 Å². The van der Waals surface area contributed by atoms with E-state index in [2.05, 4.69) is 9.71 Å². The number of aromatic nitrogens is 1. The molecular formula is C16H18Cl2N2O2S2. The average molecular weight is 405 g/mol. The van der Waals surface area contributed by atoms with Gasteiger partial charge in [-0.15, -0.1) is 0 Å². The van der Waals surface area contributed by atoms with Gasteiger partial charge in [-0.1, -0.05) is 35.3 Å². The van der Waals surface area contributed by atoms with E-state index in [-0.39, 0.29) is 5.75 Å². The van der Waals surface area contributed by atoms with E-state index in [1.54, 1.807) is 42.2 Å². The molecule has 24 heavy (non-hydrogen) atoms. The summed E-state index contributed by atoms with van der Waals surface area (Å²) in [5.41, 5.74) is 1.65. The first kappa shape index (κ1) is 19.5. The molecule has 0 unspecified atom stereocenters. The van der Waals surface area contributed by atoms with E-state index in [1.807, 2.05) is 12.1 Å². The topological polar surface area (TPSA) is 59.1 Å². The van der Waals surface area contributed by atoms with Gasteiger partial charge >= 0.3 is 0 Å². The van der Waals surface area contributed by atoms with Crippen LogP contribution in [0.2, 0.25) is 10.0 Å². The van der Waals surface area contributed by atoms with Crippen molar-refractivity contribution in [1.82, 2.24) is 9.71 Å².